The number of ether oxygens (including phenoxy) is 2. The Morgan fingerprint density at radius 2 is 1.86 bits per heavy atom. The van der Waals surface area contributed by atoms with E-state index in [-0.39, 0.29) is 0 Å². The van der Waals surface area contributed by atoms with E-state index >= 15 is 0 Å². The zero-order chi connectivity index (χ0) is 14.8. The van der Waals surface area contributed by atoms with E-state index < -0.39 is 0 Å². The monoisotopic (exact) mass is 298 g/mol. The van der Waals surface area contributed by atoms with Crippen molar-refractivity contribution in [2.75, 3.05) is 59.7 Å². The molecule has 2 fully saturated rings. The Morgan fingerprint density at radius 1 is 1.05 bits per heavy atom. The molecule has 0 amide bonds. The average molecular weight is 298 g/mol. The first-order valence-electron chi connectivity index (χ1n) is 8.84. The van der Waals surface area contributed by atoms with Crippen LogP contribution in [-0.4, -0.2) is 64.6 Å². The average Bonchev–Trinajstić information content (AvgIpc) is 2.87. The molecule has 1 aliphatic heterocycles. The molecule has 1 aliphatic carbocycles. The summed E-state index contributed by atoms with van der Waals surface area (Å²) < 4.78 is 10.8. The third kappa shape index (κ3) is 6.23. The van der Waals surface area contributed by atoms with Crippen LogP contribution in [0.15, 0.2) is 0 Å². The van der Waals surface area contributed by atoms with Gasteiger partial charge in [0.05, 0.1) is 13.2 Å². The molecule has 1 N–H and O–H groups in total. The van der Waals surface area contributed by atoms with E-state index in [4.69, 9.17) is 9.47 Å². The van der Waals surface area contributed by atoms with E-state index in [1.165, 1.54) is 58.0 Å². The Kier molecular flexibility index (Phi) is 8.01. The smallest absolute Gasteiger partial charge is 0.0593 e. The van der Waals surface area contributed by atoms with Crippen molar-refractivity contribution >= 4 is 0 Å². The molecule has 4 nitrogen and oxygen atoms in total. The van der Waals surface area contributed by atoms with Crippen LogP contribution in [0.25, 0.3) is 0 Å². The van der Waals surface area contributed by atoms with E-state index in [1.54, 1.807) is 7.11 Å². The molecule has 0 aromatic heterocycles. The van der Waals surface area contributed by atoms with E-state index in [9.17, 15) is 0 Å². The highest BCUT2D eigenvalue weighted by molar-refractivity contribution is 4.87. The molecule has 0 atom stereocenters. The van der Waals surface area contributed by atoms with Crippen molar-refractivity contribution < 1.29 is 9.47 Å². The molecule has 2 rings (SSSR count). The fourth-order valence-corrected chi connectivity index (χ4v) is 3.83. The number of rotatable bonds is 7. The fraction of sp³-hybridized carbons (Fsp3) is 1.00. The molecule has 0 radical (unpaired) electrons. The molecule has 21 heavy (non-hydrogen) atoms. The molecular weight excluding hydrogens is 264 g/mol. The van der Waals surface area contributed by atoms with Crippen LogP contribution in [0, 0.1) is 5.41 Å². The molecule has 4 heteroatoms. The van der Waals surface area contributed by atoms with Gasteiger partial charge >= 0.3 is 0 Å². The zero-order valence-electron chi connectivity index (χ0n) is 13.9. The first kappa shape index (κ1) is 17.2. The quantitative estimate of drug-likeness (QED) is 0.577. The van der Waals surface area contributed by atoms with E-state index in [2.05, 4.69) is 10.2 Å². The number of nitrogens with zero attached hydrogens (tertiary/aromatic N) is 1. The standard InChI is InChI=1S/C17H34N2O2/c1-20-13-9-18-15-17(7-4-2-3-5-8-17)16-19-10-6-12-21-14-11-19/h18H,2-16H2,1H3. The van der Waals surface area contributed by atoms with Crippen LogP contribution in [0.5, 0.6) is 0 Å². The maximum Gasteiger partial charge on any atom is 0.0593 e. The highest BCUT2D eigenvalue weighted by Crippen LogP contribution is 2.35. The number of methoxy groups -OCH3 is 1. The molecule has 0 spiro atoms. The van der Waals surface area contributed by atoms with Crippen molar-refractivity contribution in [3.8, 4) is 0 Å². The van der Waals surface area contributed by atoms with Crippen molar-refractivity contribution in [2.24, 2.45) is 5.41 Å². The lowest BCUT2D eigenvalue weighted by Gasteiger charge is -2.38. The fourth-order valence-electron chi connectivity index (χ4n) is 3.83. The SMILES string of the molecule is COCCNCC1(CN2CCCOCC2)CCCCCC1. The summed E-state index contributed by atoms with van der Waals surface area (Å²) in [5.74, 6) is 0. The molecule has 1 heterocycles. The summed E-state index contributed by atoms with van der Waals surface area (Å²) in [5, 5.41) is 3.65. The van der Waals surface area contributed by atoms with E-state index in [0.717, 1.165) is 39.5 Å². The largest absolute Gasteiger partial charge is 0.383 e. The number of nitrogens with one attached hydrogen (secondary N) is 1. The van der Waals surface area contributed by atoms with Crippen molar-refractivity contribution in [2.45, 2.75) is 44.9 Å². The lowest BCUT2D eigenvalue weighted by molar-refractivity contribution is 0.108. The molecule has 124 valence electrons. The summed E-state index contributed by atoms with van der Waals surface area (Å²) in [7, 11) is 1.78. The van der Waals surface area contributed by atoms with Gasteiger partial charge in [-0.2, -0.15) is 0 Å². The summed E-state index contributed by atoms with van der Waals surface area (Å²) in [5.41, 5.74) is 0.467. The Labute approximate surface area is 130 Å². The van der Waals surface area contributed by atoms with Gasteiger partial charge in [0.15, 0.2) is 0 Å². The topological polar surface area (TPSA) is 33.7 Å². The Bertz CT molecular complexity index is 258. The number of hydrogen-bond donors (Lipinski definition) is 1. The maximum atomic E-state index is 5.61. The third-order valence-corrected chi connectivity index (χ3v) is 5.02. The first-order chi connectivity index (χ1) is 10.3. The molecular formula is C17H34N2O2. The third-order valence-electron chi connectivity index (χ3n) is 5.02. The van der Waals surface area contributed by atoms with Crippen molar-refractivity contribution in [3.63, 3.8) is 0 Å². The minimum absolute atomic E-state index is 0.467. The highest BCUT2D eigenvalue weighted by Gasteiger charge is 2.32. The summed E-state index contributed by atoms with van der Waals surface area (Å²) >= 11 is 0. The Morgan fingerprint density at radius 3 is 2.62 bits per heavy atom. The molecule has 1 saturated carbocycles. The van der Waals surface area contributed by atoms with Crippen LogP contribution in [0.2, 0.25) is 0 Å². The summed E-state index contributed by atoms with van der Waals surface area (Å²) in [6.45, 7) is 8.35. The van der Waals surface area contributed by atoms with Crippen LogP contribution < -0.4 is 5.32 Å². The van der Waals surface area contributed by atoms with Gasteiger partial charge in [-0.25, -0.2) is 0 Å². The van der Waals surface area contributed by atoms with E-state index in [0.29, 0.717) is 5.41 Å². The second kappa shape index (κ2) is 9.78. The predicted octanol–water partition coefficient (Wildman–Crippen LogP) is 2.29. The van der Waals surface area contributed by atoms with Crippen molar-refractivity contribution in [3.05, 3.63) is 0 Å². The van der Waals surface area contributed by atoms with Crippen LogP contribution >= 0.6 is 0 Å². The summed E-state index contributed by atoms with van der Waals surface area (Å²) in [6, 6.07) is 0. The van der Waals surface area contributed by atoms with Gasteiger partial charge in [0.25, 0.3) is 0 Å². The van der Waals surface area contributed by atoms with E-state index in [1.807, 2.05) is 0 Å². The minimum Gasteiger partial charge on any atom is -0.383 e. The molecule has 0 unspecified atom stereocenters. The molecule has 0 bridgehead atoms. The summed E-state index contributed by atoms with van der Waals surface area (Å²) in [6.07, 6.45) is 9.58. The lowest BCUT2D eigenvalue weighted by Crippen LogP contribution is -2.45. The van der Waals surface area contributed by atoms with Gasteiger partial charge in [0, 0.05) is 46.4 Å². The normalized spacial score (nSPS) is 24.4. The lowest BCUT2D eigenvalue weighted by atomic mass is 9.79. The molecule has 0 aromatic carbocycles. The Balaban J connectivity index is 1.89. The molecule has 1 saturated heterocycles. The zero-order valence-corrected chi connectivity index (χ0v) is 13.9. The maximum absolute atomic E-state index is 5.61. The second-order valence-corrected chi connectivity index (χ2v) is 6.83. The van der Waals surface area contributed by atoms with Gasteiger partial charge in [-0.3, -0.25) is 0 Å². The van der Waals surface area contributed by atoms with Crippen LogP contribution in [0.1, 0.15) is 44.9 Å². The van der Waals surface area contributed by atoms with Gasteiger partial charge < -0.3 is 19.7 Å². The van der Waals surface area contributed by atoms with Crippen LogP contribution in [0.3, 0.4) is 0 Å². The van der Waals surface area contributed by atoms with Crippen LogP contribution in [-0.2, 0) is 9.47 Å². The summed E-state index contributed by atoms with van der Waals surface area (Å²) in [4.78, 5) is 2.65. The van der Waals surface area contributed by atoms with Crippen molar-refractivity contribution in [1.82, 2.24) is 10.2 Å². The second-order valence-electron chi connectivity index (χ2n) is 6.83. The molecule has 2 aliphatic rings. The highest BCUT2D eigenvalue weighted by atomic mass is 16.5. The first-order valence-corrected chi connectivity index (χ1v) is 8.84. The van der Waals surface area contributed by atoms with Gasteiger partial charge in [-0.1, -0.05) is 25.7 Å². The van der Waals surface area contributed by atoms with Crippen LogP contribution in [0.4, 0.5) is 0 Å². The predicted molar refractivity (Wildman–Crippen MR) is 86.8 cm³/mol. The Hall–Kier alpha value is -0.160. The molecule has 0 aromatic rings. The van der Waals surface area contributed by atoms with Gasteiger partial charge in [0.1, 0.15) is 0 Å². The van der Waals surface area contributed by atoms with Crippen molar-refractivity contribution in [1.29, 1.82) is 0 Å². The van der Waals surface area contributed by atoms with Gasteiger partial charge in [-0.15, -0.1) is 0 Å². The minimum atomic E-state index is 0.467. The number of hydrogen-bond acceptors (Lipinski definition) is 4. The van der Waals surface area contributed by atoms with Gasteiger partial charge in [0.2, 0.25) is 0 Å². The van der Waals surface area contributed by atoms with Gasteiger partial charge in [-0.05, 0) is 24.7 Å².